The number of hydrogen-bond acceptors (Lipinski definition) is 2. The smallest absolute Gasteiger partial charge is 0.336 e. The second kappa shape index (κ2) is 7.87. The van der Waals surface area contributed by atoms with Crippen molar-refractivity contribution in [3.05, 3.63) is 89.0 Å². The Kier molecular flexibility index (Phi) is 5.37. The molecule has 0 saturated carbocycles. The van der Waals surface area contributed by atoms with E-state index >= 15 is 0 Å². The number of aryl methyl sites for hydroxylation is 2. The van der Waals surface area contributed by atoms with Gasteiger partial charge in [0.15, 0.2) is 0 Å². The van der Waals surface area contributed by atoms with Crippen LogP contribution in [0.25, 0.3) is 11.1 Å². The molecule has 0 aromatic heterocycles. The van der Waals surface area contributed by atoms with Gasteiger partial charge in [-0.25, -0.2) is 4.79 Å². The Labute approximate surface area is 153 Å². The van der Waals surface area contributed by atoms with Crippen molar-refractivity contribution in [2.75, 3.05) is 0 Å². The summed E-state index contributed by atoms with van der Waals surface area (Å²) in [7, 11) is 0. The minimum absolute atomic E-state index is 0.312. The van der Waals surface area contributed by atoms with E-state index in [0.29, 0.717) is 12.2 Å². The number of carboxylic acids is 1. The third-order valence-electron chi connectivity index (χ3n) is 4.43. The molecule has 0 bridgehead atoms. The molecule has 3 nitrogen and oxygen atoms in total. The van der Waals surface area contributed by atoms with Gasteiger partial charge >= 0.3 is 5.97 Å². The Balaban J connectivity index is 1.97. The average molecular weight is 346 g/mol. The number of aromatic carboxylic acids is 1. The highest BCUT2D eigenvalue weighted by molar-refractivity contribution is 5.96. The van der Waals surface area contributed by atoms with E-state index in [4.69, 9.17) is 4.74 Å². The number of hydrogen-bond donors (Lipinski definition) is 1. The van der Waals surface area contributed by atoms with Crippen molar-refractivity contribution in [3.8, 4) is 16.9 Å². The molecule has 3 aromatic carbocycles. The van der Waals surface area contributed by atoms with E-state index in [0.717, 1.165) is 40.0 Å². The quantitative estimate of drug-likeness (QED) is 0.641. The first-order valence-electron chi connectivity index (χ1n) is 8.73. The molecular weight excluding hydrogens is 324 g/mol. The lowest BCUT2D eigenvalue weighted by Gasteiger charge is -2.16. The van der Waals surface area contributed by atoms with Crippen LogP contribution >= 0.6 is 0 Å². The topological polar surface area (TPSA) is 46.5 Å². The van der Waals surface area contributed by atoms with E-state index in [1.54, 1.807) is 12.1 Å². The fraction of sp³-hybridized carbons (Fsp3) is 0.174. The van der Waals surface area contributed by atoms with E-state index in [1.807, 2.05) is 61.5 Å². The zero-order chi connectivity index (χ0) is 18.5. The van der Waals surface area contributed by atoms with Crippen LogP contribution in [0.15, 0.2) is 66.7 Å². The van der Waals surface area contributed by atoms with Crippen molar-refractivity contribution in [1.29, 1.82) is 0 Å². The summed E-state index contributed by atoms with van der Waals surface area (Å²) in [4.78, 5) is 11.5. The zero-order valence-electron chi connectivity index (χ0n) is 15.0. The molecule has 0 aliphatic carbocycles. The van der Waals surface area contributed by atoms with Gasteiger partial charge in [-0.3, -0.25) is 0 Å². The van der Waals surface area contributed by atoms with Crippen LogP contribution < -0.4 is 4.74 Å². The molecule has 3 aromatic rings. The number of rotatable bonds is 6. The molecule has 0 aliphatic heterocycles. The summed E-state index contributed by atoms with van der Waals surface area (Å²) >= 11 is 0. The van der Waals surface area contributed by atoms with Gasteiger partial charge in [-0.2, -0.15) is 0 Å². The Bertz CT molecular complexity index is 914. The summed E-state index contributed by atoms with van der Waals surface area (Å²) < 4.78 is 6.10. The van der Waals surface area contributed by atoms with Crippen LogP contribution in [0, 0.1) is 6.92 Å². The molecule has 3 heteroatoms. The van der Waals surface area contributed by atoms with Crippen molar-refractivity contribution >= 4 is 5.97 Å². The summed E-state index contributed by atoms with van der Waals surface area (Å²) in [6, 6.07) is 21.2. The van der Waals surface area contributed by atoms with Crippen LogP contribution in [0.4, 0.5) is 0 Å². The summed E-state index contributed by atoms with van der Waals surface area (Å²) in [5.74, 6) is -0.0337. The first-order chi connectivity index (χ1) is 12.6. The zero-order valence-corrected chi connectivity index (χ0v) is 15.0. The number of ether oxygens (including phenoxy) is 1. The Morgan fingerprint density at radius 1 is 1.00 bits per heavy atom. The maximum Gasteiger partial charge on any atom is 0.336 e. The summed E-state index contributed by atoms with van der Waals surface area (Å²) in [5, 5.41) is 9.46. The average Bonchev–Trinajstić information content (AvgIpc) is 2.67. The van der Waals surface area contributed by atoms with Crippen molar-refractivity contribution in [3.63, 3.8) is 0 Å². The third-order valence-corrected chi connectivity index (χ3v) is 4.43. The second-order valence-corrected chi connectivity index (χ2v) is 6.26. The van der Waals surface area contributed by atoms with Gasteiger partial charge in [0.2, 0.25) is 0 Å². The van der Waals surface area contributed by atoms with Gasteiger partial charge in [0.1, 0.15) is 12.4 Å². The SMILES string of the molecule is CCc1cc(-c2ccccc2C(=O)O)cc(C)c1OCc1ccccc1. The number of benzene rings is 3. The molecular formula is C23H22O3. The van der Waals surface area contributed by atoms with E-state index in [2.05, 4.69) is 6.92 Å². The van der Waals surface area contributed by atoms with E-state index in [-0.39, 0.29) is 0 Å². The molecule has 0 spiro atoms. The van der Waals surface area contributed by atoms with Crippen LogP contribution in [0.1, 0.15) is 34.0 Å². The first kappa shape index (κ1) is 17.7. The minimum atomic E-state index is -0.916. The molecule has 0 unspecified atom stereocenters. The highest BCUT2D eigenvalue weighted by Gasteiger charge is 2.15. The molecule has 0 radical (unpaired) electrons. The summed E-state index contributed by atoms with van der Waals surface area (Å²) in [6.07, 6.45) is 0.814. The predicted octanol–water partition coefficient (Wildman–Crippen LogP) is 5.50. The fourth-order valence-corrected chi connectivity index (χ4v) is 3.12. The van der Waals surface area contributed by atoms with Crippen molar-refractivity contribution < 1.29 is 14.6 Å². The molecule has 0 aliphatic rings. The van der Waals surface area contributed by atoms with Crippen LogP contribution in [-0.2, 0) is 13.0 Å². The van der Waals surface area contributed by atoms with Crippen molar-refractivity contribution in [1.82, 2.24) is 0 Å². The molecule has 0 fully saturated rings. The number of carboxylic acid groups (broad SMARTS) is 1. The lowest BCUT2D eigenvalue weighted by Crippen LogP contribution is -2.02. The highest BCUT2D eigenvalue weighted by atomic mass is 16.5. The summed E-state index contributed by atoms with van der Waals surface area (Å²) in [6.45, 7) is 4.60. The molecule has 0 heterocycles. The molecule has 3 rings (SSSR count). The van der Waals surface area contributed by atoms with Crippen molar-refractivity contribution in [2.45, 2.75) is 26.9 Å². The maximum atomic E-state index is 11.5. The van der Waals surface area contributed by atoms with E-state index < -0.39 is 5.97 Å². The summed E-state index contributed by atoms with van der Waals surface area (Å²) in [5.41, 5.74) is 5.16. The minimum Gasteiger partial charge on any atom is -0.488 e. The van der Waals surface area contributed by atoms with Gasteiger partial charge in [-0.1, -0.05) is 55.5 Å². The molecule has 132 valence electrons. The Hall–Kier alpha value is -3.07. The predicted molar refractivity (Wildman–Crippen MR) is 104 cm³/mol. The Morgan fingerprint density at radius 2 is 1.69 bits per heavy atom. The highest BCUT2D eigenvalue weighted by Crippen LogP contribution is 2.33. The monoisotopic (exact) mass is 346 g/mol. The van der Waals surface area contributed by atoms with Gasteiger partial charge in [-0.15, -0.1) is 0 Å². The first-order valence-corrected chi connectivity index (χ1v) is 8.73. The second-order valence-electron chi connectivity index (χ2n) is 6.26. The van der Waals surface area contributed by atoms with E-state index in [1.165, 1.54) is 0 Å². The maximum absolute atomic E-state index is 11.5. The van der Waals surface area contributed by atoms with Gasteiger partial charge in [0.25, 0.3) is 0 Å². The van der Waals surface area contributed by atoms with Crippen molar-refractivity contribution in [2.24, 2.45) is 0 Å². The van der Waals surface area contributed by atoms with Crippen LogP contribution in [0.5, 0.6) is 5.75 Å². The van der Waals surface area contributed by atoms with Gasteiger partial charge in [0.05, 0.1) is 5.56 Å². The Morgan fingerprint density at radius 3 is 2.38 bits per heavy atom. The molecule has 0 saturated heterocycles. The van der Waals surface area contributed by atoms with E-state index in [9.17, 15) is 9.90 Å². The molecule has 26 heavy (non-hydrogen) atoms. The number of carbonyl (C=O) groups is 1. The van der Waals surface area contributed by atoms with Crippen LogP contribution in [0.3, 0.4) is 0 Å². The normalized spacial score (nSPS) is 10.5. The molecule has 0 atom stereocenters. The molecule has 1 N–H and O–H groups in total. The van der Waals surface area contributed by atoms with Crippen LogP contribution in [0.2, 0.25) is 0 Å². The lowest BCUT2D eigenvalue weighted by molar-refractivity contribution is 0.0697. The lowest BCUT2D eigenvalue weighted by atomic mass is 9.95. The standard InChI is InChI=1S/C23H22O3/c1-3-18-14-19(20-11-7-8-12-21(20)23(24)25)13-16(2)22(18)26-15-17-9-5-4-6-10-17/h4-14H,3,15H2,1-2H3,(H,24,25). The van der Waals surface area contributed by atoms with Gasteiger partial charge in [0, 0.05) is 0 Å². The fourth-order valence-electron chi connectivity index (χ4n) is 3.12. The van der Waals surface area contributed by atoms with Gasteiger partial charge < -0.3 is 9.84 Å². The van der Waals surface area contributed by atoms with Crippen LogP contribution in [-0.4, -0.2) is 11.1 Å². The van der Waals surface area contributed by atoms with Gasteiger partial charge in [-0.05, 0) is 59.4 Å². The third kappa shape index (κ3) is 3.77. The largest absolute Gasteiger partial charge is 0.488 e. The molecule has 0 amide bonds.